The summed E-state index contributed by atoms with van der Waals surface area (Å²) in [6, 6.07) is 15.8. The Morgan fingerprint density at radius 2 is 1.74 bits per heavy atom. The largest absolute Gasteiger partial charge is 0.469 e. The van der Waals surface area contributed by atoms with Crippen LogP contribution in [-0.4, -0.2) is 31.3 Å². The van der Waals surface area contributed by atoms with Crippen LogP contribution in [0.3, 0.4) is 0 Å². The molecule has 2 aromatic carbocycles. The van der Waals surface area contributed by atoms with Crippen molar-refractivity contribution in [1.29, 1.82) is 0 Å². The van der Waals surface area contributed by atoms with E-state index in [1.165, 1.54) is 19.2 Å². The van der Waals surface area contributed by atoms with Gasteiger partial charge in [-0.2, -0.15) is 5.10 Å². The van der Waals surface area contributed by atoms with Gasteiger partial charge < -0.3 is 4.74 Å². The molecular formula is C19H19N3O4S. The lowest BCUT2D eigenvalue weighted by Crippen LogP contribution is -2.12. The van der Waals surface area contributed by atoms with E-state index in [1.807, 2.05) is 37.3 Å². The van der Waals surface area contributed by atoms with Crippen LogP contribution in [0.15, 0.2) is 59.5 Å². The molecule has 7 nitrogen and oxygen atoms in total. The maximum absolute atomic E-state index is 11.6. The summed E-state index contributed by atoms with van der Waals surface area (Å²) in [5.74, 6) is -0.389. The van der Waals surface area contributed by atoms with E-state index < -0.39 is 10.0 Å². The first-order valence-corrected chi connectivity index (χ1v) is 9.68. The first kappa shape index (κ1) is 18.8. The van der Waals surface area contributed by atoms with Crippen molar-refractivity contribution in [2.24, 2.45) is 5.14 Å². The van der Waals surface area contributed by atoms with E-state index in [4.69, 9.17) is 9.88 Å². The molecule has 1 aromatic heterocycles. The number of sulfonamides is 1. The molecule has 3 aromatic rings. The highest BCUT2D eigenvalue weighted by atomic mass is 32.2. The predicted molar refractivity (Wildman–Crippen MR) is 101 cm³/mol. The molecule has 0 radical (unpaired) electrons. The molecule has 3 rings (SSSR count). The fourth-order valence-corrected chi connectivity index (χ4v) is 3.16. The van der Waals surface area contributed by atoms with Crippen molar-refractivity contribution in [3.05, 3.63) is 65.9 Å². The van der Waals surface area contributed by atoms with Gasteiger partial charge in [0.1, 0.15) is 0 Å². The topological polar surface area (TPSA) is 104 Å². The third kappa shape index (κ3) is 4.24. The fraction of sp³-hybridized carbons (Fsp3) is 0.158. The third-order valence-corrected chi connectivity index (χ3v) is 5.00. The van der Waals surface area contributed by atoms with E-state index in [9.17, 15) is 13.2 Å². The minimum atomic E-state index is -3.77. The number of rotatable bonds is 5. The molecule has 0 bridgehead atoms. The first-order valence-electron chi connectivity index (χ1n) is 8.14. The van der Waals surface area contributed by atoms with Crippen LogP contribution in [0.4, 0.5) is 0 Å². The van der Waals surface area contributed by atoms with Crippen molar-refractivity contribution in [3.63, 3.8) is 0 Å². The lowest BCUT2D eigenvalue weighted by molar-refractivity contribution is -0.139. The predicted octanol–water partition coefficient (Wildman–Crippen LogP) is 2.21. The lowest BCUT2D eigenvalue weighted by Gasteiger charge is -2.08. The number of benzene rings is 2. The third-order valence-electron chi connectivity index (χ3n) is 4.07. The molecule has 2 N–H and O–H groups in total. The number of aryl methyl sites for hydroxylation is 1. The van der Waals surface area contributed by atoms with Gasteiger partial charge in [0.2, 0.25) is 10.0 Å². The molecular weight excluding hydrogens is 366 g/mol. The van der Waals surface area contributed by atoms with Crippen LogP contribution in [0.25, 0.3) is 16.9 Å². The number of aromatic nitrogens is 2. The minimum Gasteiger partial charge on any atom is -0.469 e. The van der Waals surface area contributed by atoms with Gasteiger partial charge in [-0.1, -0.05) is 29.8 Å². The second kappa shape index (κ2) is 7.34. The van der Waals surface area contributed by atoms with Gasteiger partial charge in [0, 0.05) is 5.56 Å². The molecule has 1 heterocycles. The van der Waals surface area contributed by atoms with Crippen molar-refractivity contribution >= 4 is 16.0 Å². The van der Waals surface area contributed by atoms with Crippen molar-refractivity contribution in [2.45, 2.75) is 18.2 Å². The zero-order valence-corrected chi connectivity index (χ0v) is 15.7. The van der Waals surface area contributed by atoms with Crippen LogP contribution in [0.2, 0.25) is 0 Å². The van der Waals surface area contributed by atoms with Gasteiger partial charge in [-0.25, -0.2) is 18.2 Å². The first-order chi connectivity index (χ1) is 12.8. The molecule has 0 aliphatic heterocycles. The number of carbonyl (C=O) groups excluding carboxylic acids is 1. The Kier molecular flexibility index (Phi) is 5.11. The van der Waals surface area contributed by atoms with Gasteiger partial charge in [-0.05, 0) is 37.3 Å². The Morgan fingerprint density at radius 3 is 2.30 bits per heavy atom. The number of nitrogens with two attached hydrogens (primary N) is 1. The summed E-state index contributed by atoms with van der Waals surface area (Å²) in [4.78, 5) is 11.6. The Hall–Kier alpha value is -2.97. The summed E-state index contributed by atoms with van der Waals surface area (Å²) in [6.45, 7) is 2.00. The second-order valence-electron chi connectivity index (χ2n) is 6.09. The van der Waals surface area contributed by atoms with Crippen LogP contribution < -0.4 is 5.14 Å². The molecule has 0 amide bonds. The van der Waals surface area contributed by atoms with Gasteiger partial charge in [0.25, 0.3) is 0 Å². The van der Waals surface area contributed by atoms with Crippen molar-refractivity contribution in [3.8, 4) is 16.9 Å². The molecule has 8 heteroatoms. The fourth-order valence-electron chi connectivity index (χ4n) is 2.64. The molecule has 0 aliphatic rings. The standard InChI is InChI=1S/C19H19N3O4S/c1-13-3-5-14(6-4-13)18-11-15(12-19(23)26-2)21-22(18)16-7-9-17(10-8-16)27(20,24)25/h3-11H,12H2,1-2H3,(H2,20,24,25). The molecule has 0 saturated carbocycles. The second-order valence-corrected chi connectivity index (χ2v) is 7.65. The molecule has 0 aliphatic carbocycles. The number of ether oxygens (including phenoxy) is 1. The van der Waals surface area contributed by atoms with Crippen LogP contribution in [-0.2, 0) is 26.0 Å². The average Bonchev–Trinajstić information content (AvgIpc) is 3.05. The molecule has 0 atom stereocenters. The maximum atomic E-state index is 11.6. The molecule has 0 spiro atoms. The zero-order valence-electron chi connectivity index (χ0n) is 14.9. The highest BCUT2D eigenvalue weighted by Gasteiger charge is 2.15. The average molecular weight is 385 g/mol. The molecule has 140 valence electrons. The Balaban J connectivity index is 2.09. The summed E-state index contributed by atoms with van der Waals surface area (Å²) >= 11 is 0. The maximum Gasteiger partial charge on any atom is 0.311 e. The van der Waals surface area contributed by atoms with Crippen molar-refractivity contribution in [2.75, 3.05) is 7.11 Å². The Morgan fingerprint density at radius 1 is 1.11 bits per heavy atom. The van der Waals surface area contributed by atoms with E-state index in [1.54, 1.807) is 16.8 Å². The summed E-state index contributed by atoms with van der Waals surface area (Å²) in [5.41, 5.74) is 4.01. The number of methoxy groups -OCH3 is 1. The lowest BCUT2D eigenvalue weighted by atomic mass is 10.1. The summed E-state index contributed by atoms with van der Waals surface area (Å²) in [6.07, 6.45) is 0.0393. The number of hydrogen-bond acceptors (Lipinski definition) is 5. The normalized spacial score (nSPS) is 11.4. The van der Waals surface area contributed by atoms with E-state index in [0.717, 1.165) is 16.8 Å². The highest BCUT2D eigenvalue weighted by molar-refractivity contribution is 7.89. The van der Waals surface area contributed by atoms with Crippen LogP contribution in [0.5, 0.6) is 0 Å². The van der Waals surface area contributed by atoms with E-state index >= 15 is 0 Å². The quantitative estimate of drug-likeness (QED) is 0.678. The van der Waals surface area contributed by atoms with Crippen LogP contribution in [0.1, 0.15) is 11.3 Å². The van der Waals surface area contributed by atoms with E-state index in [-0.39, 0.29) is 17.3 Å². The molecule has 27 heavy (non-hydrogen) atoms. The van der Waals surface area contributed by atoms with Gasteiger partial charge in [-0.3, -0.25) is 4.79 Å². The van der Waals surface area contributed by atoms with Crippen LogP contribution >= 0.6 is 0 Å². The summed E-state index contributed by atoms with van der Waals surface area (Å²) < 4.78 is 29.3. The Bertz CT molecular complexity index is 1070. The van der Waals surface area contributed by atoms with Crippen molar-refractivity contribution < 1.29 is 17.9 Å². The van der Waals surface area contributed by atoms with E-state index in [2.05, 4.69) is 5.10 Å². The minimum absolute atomic E-state index is 0.0186. The number of nitrogens with zero attached hydrogens (tertiary/aromatic N) is 2. The zero-order chi connectivity index (χ0) is 19.6. The van der Waals surface area contributed by atoms with Gasteiger partial charge in [0.05, 0.1) is 35.5 Å². The summed E-state index contributed by atoms with van der Waals surface area (Å²) in [7, 11) is -2.45. The van der Waals surface area contributed by atoms with Gasteiger partial charge >= 0.3 is 5.97 Å². The molecule has 0 saturated heterocycles. The number of hydrogen-bond donors (Lipinski definition) is 1. The molecule has 0 unspecified atom stereocenters. The van der Waals surface area contributed by atoms with E-state index in [0.29, 0.717) is 11.4 Å². The van der Waals surface area contributed by atoms with Crippen molar-refractivity contribution in [1.82, 2.24) is 9.78 Å². The number of carbonyl (C=O) groups is 1. The monoisotopic (exact) mass is 385 g/mol. The summed E-state index contributed by atoms with van der Waals surface area (Å²) in [5, 5.41) is 9.65. The smallest absolute Gasteiger partial charge is 0.311 e. The number of primary sulfonamides is 1. The number of esters is 1. The highest BCUT2D eigenvalue weighted by Crippen LogP contribution is 2.25. The SMILES string of the molecule is COC(=O)Cc1cc(-c2ccc(C)cc2)n(-c2ccc(S(N)(=O)=O)cc2)n1. The van der Waals surface area contributed by atoms with Crippen LogP contribution in [0, 0.1) is 6.92 Å². The Labute approximate surface area is 157 Å². The van der Waals surface area contributed by atoms with Gasteiger partial charge in [-0.15, -0.1) is 0 Å². The molecule has 0 fully saturated rings. The van der Waals surface area contributed by atoms with Gasteiger partial charge in [0.15, 0.2) is 0 Å².